The van der Waals surface area contributed by atoms with E-state index in [-0.39, 0.29) is 0 Å². The Balaban J connectivity index is 1.98. The van der Waals surface area contributed by atoms with Crippen molar-refractivity contribution in [3.8, 4) is 0 Å². The Bertz CT molecular complexity index is 365. The van der Waals surface area contributed by atoms with Gasteiger partial charge in [0.15, 0.2) is 5.82 Å². The van der Waals surface area contributed by atoms with Gasteiger partial charge >= 0.3 is 0 Å². The van der Waals surface area contributed by atoms with Crippen LogP contribution in [-0.4, -0.2) is 40.7 Å². The summed E-state index contributed by atoms with van der Waals surface area (Å²) in [5.41, 5.74) is 0. The van der Waals surface area contributed by atoms with Crippen molar-refractivity contribution in [2.75, 3.05) is 13.6 Å². The van der Waals surface area contributed by atoms with Crippen molar-refractivity contribution in [1.29, 1.82) is 0 Å². The summed E-state index contributed by atoms with van der Waals surface area (Å²) in [5, 5.41) is 7.36. The third kappa shape index (κ3) is 2.66. The summed E-state index contributed by atoms with van der Waals surface area (Å²) < 4.78 is 5.01. The number of aromatic nitrogens is 2. The maximum absolute atomic E-state index is 5.01. The highest BCUT2D eigenvalue weighted by Gasteiger charge is 2.31. The minimum atomic E-state index is 0.542. The molecular formula is C12H22N4O. The fourth-order valence-electron chi connectivity index (χ4n) is 2.66. The van der Waals surface area contributed by atoms with Gasteiger partial charge in [0.2, 0.25) is 5.89 Å². The first-order valence-corrected chi connectivity index (χ1v) is 6.32. The van der Waals surface area contributed by atoms with Crippen LogP contribution in [0.3, 0.4) is 0 Å². The van der Waals surface area contributed by atoms with Crippen LogP contribution >= 0.6 is 0 Å². The topological polar surface area (TPSA) is 54.2 Å². The number of nitrogens with zero attached hydrogens (tertiary/aromatic N) is 3. The fraction of sp³-hybridized carbons (Fsp3) is 0.833. The van der Waals surface area contributed by atoms with Gasteiger partial charge in [0.25, 0.3) is 0 Å². The highest BCUT2D eigenvalue weighted by atomic mass is 16.5. The minimum absolute atomic E-state index is 0.542. The molecule has 0 aromatic carbocycles. The summed E-state index contributed by atoms with van der Waals surface area (Å²) in [4.78, 5) is 6.70. The Morgan fingerprint density at radius 1 is 1.47 bits per heavy atom. The van der Waals surface area contributed by atoms with Crippen molar-refractivity contribution in [1.82, 2.24) is 20.4 Å². The fourth-order valence-corrected chi connectivity index (χ4v) is 2.66. The van der Waals surface area contributed by atoms with Crippen LogP contribution in [-0.2, 0) is 6.54 Å². The van der Waals surface area contributed by atoms with Crippen LogP contribution < -0.4 is 5.32 Å². The van der Waals surface area contributed by atoms with Crippen molar-refractivity contribution in [3.63, 3.8) is 0 Å². The zero-order valence-corrected chi connectivity index (χ0v) is 11.1. The summed E-state index contributed by atoms with van der Waals surface area (Å²) in [6, 6.07) is 1.16. The molecule has 96 valence electrons. The molecule has 0 radical (unpaired) electrons. The molecule has 1 saturated heterocycles. The molecule has 1 fully saturated rings. The Morgan fingerprint density at radius 3 is 2.82 bits per heavy atom. The van der Waals surface area contributed by atoms with Gasteiger partial charge in [-0.15, -0.1) is 0 Å². The molecule has 2 heterocycles. The van der Waals surface area contributed by atoms with Gasteiger partial charge in [-0.2, -0.15) is 4.98 Å². The summed E-state index contributed by atoms with van der Waals surface area (Å²) in [6.45, 7) is 8.29. The van der Waals surface area contributed by atoms with Gasteiger partial charge in [-0.3, -0.25) is 4.90 Å². The molecule has 5 heteroatoms. The first kappa shape index (κ1) is 12.5. The van der Waals surface area contributed by atoms with Gasteiger partial charge in [-0.25, -0.2) is 0 Å². The van der Waals surface area contributed by atoms with Crippen LogP contribution in [0.5, 0.6) is 0 Å². The molecular weight excluding hydrogens is 216 g/mol. The quantitative estimate of drug-likeness (QED) is 0.857. The number of nitrogens with one attached hydrogen (secondary N) is 1. The molecule has 0 aliphatic carbocycles. The average molecular weight is 238 g/mol. The summed E-state index contributed by atoms with van der Waals surface area (Å²) in [7, 11) is 2.05. The van der Waals surface area contributed by atoms with Crippen LogP contribution in [0.2, 0.25) is 0 Å². The van der Waals surface area contributed by atoms with Crippen molar-refractivity contribution in [2.24, 2.45) is 5.92 Å². The largest absolute Gasteiger partial charge is 0.340 e. The summed E-state index contributed by atoms with van der Waals surface area (Å²) >= 11 is 0. The lowest BCUT2D eigenvalue weighted by atomic mass is 9.87. The molecule has 17 heavy (non-hydrogen) atoms. The van der Waals surface area contributed by atoms with E-state index < -0.39 is 0 Å². The molecule has 5 nitrogen and oxygen atoms in total. The predicted molar refractivity (Wildman–Crippen MR) is 65.5 cm³/mol. The number of hydrogen-bond donors (Lipinski definition) is 1. The van der Waals surface area contributed by atoms with E-state index in [0.29, 0.717) is 23.9 Å². The average Bonchev–Trinajstić information content (AvgIpc) is 2.71. The van der Waals surface area contributed by atoms with Crippen LogP contribution in [0.4, 0.5) is 0 Å². The molecule has 0 spiro atoms. The Labute approximate surface area is 103 Å². The number of aryl methyl sites for hydroxylation is 1. The molecule has 1 aromatic rings. The van der Waals surface area contributed by atoms with Crippen molar-refractivity contribution in [3.05, 3.63) is 11.7 Å². The third-order valence-corrected chi connectivity index (χ3v) is 3.98. The SMILES string of the molecule is CNC1CCN(Cc2noc(C)n2)C(C)C1C. The van der Waals surface area contributed by atoms with Gasteiger partial charge in [0, 0.05) is 25.6 Å². The van der Waals surface area contributed by atoms with E-state index in [1.165, 1.54) is 6.42 Å². The molecule has 0 saturated carbocycles. The van der Waals surface area contributed by atoms with Gasteiger partial charge in [0.1, 0.15) is 0 Å². The Hall–Kier alpha value is -0.940. The second-order valence-corrected chi connectivity index (χ2v) is 4.98. The van der Waals surface area contributed by atoms with Gasteiger partial charge in [-0.05, 0) is 26.3 Å². The van der Waals surface area contributed by atoms with E-state index in [9.17, 15) is 0 Å². The first-order chi connectivity index (χ1) is 8.11. The van der Waals surface area contributed by atoms with E-state index in [1.54, 1.807) is 0 Å². The molecule has 1 N–H and O–H groups in total. The number of hydrogen-bond acceptors (Lipinski definition) is 5. The zero-order chi connectivity index (χ0) is 12.4. The summed E-state index contributed by atoms with van der Waals surface area (Å²) in [5.74, 6) is 2.08. The maximum Gasteiger partial charge on any atom is 0.223 e. The monoisotopic (exact) mass is 238 g/mol. The predicted octanol–water partition coefficient (Wildman–Crippen LogP) is 1.20. The van der Waals surface area contributed by atoms with Gasteiger partial charge in [0.05, 0.1) is 6.54 Å². The van der Waals surface area contributed by atoms with Crippen molar-refractivity contribution in [2.45, 2.75) is 45.8 Å². The van der Waals surface area contributed by atoms with Crippen molar-refractivity contribution >= 4 is 0 Å². The Morgan fingerprint density at radius 2 is 2.24 bits per heavy atom. The second-order valence-electron chi connectivity index (χ2n) is 4.98. The number of likely N-dealkylation sites (tertiary alicyclic amines) is 1. The van der Waals surface area contributed by atoms with E-state index in [1.807, 2.05) is 14.0 Å². The molecule has 1 aromatic heterocycles. The molecule has 0 amide bonds. The molecule has 3 unspecified atom stereocenters. The third-order valence-electron chi connectivity index (χ3n) is 3.98. The number of rotatable bonds is 3. The molecule has 0 bridgehead atoms. The standard InChI is InChI=1S/C12H22N4O/c1-8-9(2)16(6-5-11(8)13-4)7-12-14-10(3)17-15-12/h8-9,11,13H,5-7H2,1-4H3. The lowest BCUT2D eigenvalue weighted by Gasteiger charge is -2.42. The van der Waals surface area contributed by atoms with Gasteiger partial charge < -0.3 is 9.84 Å². The van der Waals surface area contributed by atoms with Crippen LogP contribution in [0, 0.1) is 12.8 Å². The number of piperidine rings is 1. The highest BCUT2D eigenvalue weighted by Crippen LogP contribution is 2.24. The van der Waals surface area contributed by atoms with Crippen LogP contribution in [0.1, 0.15) is 32.0 Å². The smallest absolute Gasteiger partial charge is 0.223 e. The lowest BCUT2D eigenvalue weighted by molar-refractivity contribution is 0.0780. The second kappa shape index (κ2) is 5.14. The van der Waals surface area contributed by atoms with E-state index in [2.05, 4.69) is 34.2 Å². The zero-order valence-electron chi connectivity index (χ0n) is 11.1. The lowest BCUT2D eigenvalue weighted by Crippen LogP contribution is -2.52. The molecule has 1 aliphatic rings. The minimum Gasteiger partial charge on any atom is -0.340 e. The highest BCUT2D eigenvalue weighted by molar-refractivity contribution is 4.91. The van der Waals surface area contributed by atoms with E-state index in [0.717, 1.165) is 18.9 Å². The van der Waals surface area contributed by atoms with Crippen LogP contribution in [0.25, 0.3) is 0 Å². The maximum atomic E-state index is 5.01. The normalized spacial score (nSPS) is 30.7. The first-order valence-electron chi connectivity index (χ1n) is 6.32. The molecule has 2 rings (SSSR count). The Kier molecular flexibility index (Phi) is 3.79. The van der Waals surface area contributed by atoms with E-state index >= 15 is 0 Å². The van der Waals surface area contributed by atoms with E-state index in [4.69, 9.17) is 4.52 Å². The molecule has 3 atom stereocenters. The van der Waals surface area contributed by atoms with Crippen molar-refractivity contribution < 1.29 is 4.52 Å². The summed E-state index contributed by atoms with van der Waals surface area (Å²) in [6.07, 6.45) is 1.18. The molecule has 1 aliphatic heterocycles. The van der Waals surface area contributed by atoms with Gasteiger partial charge in [-0.1, -0.05) is 12.1 Å². The van der Waals surface area contributed by atoms with Crippen LogP contribution in [0.15, 0.2) is 4.52 Å².